The SMILES string of the molecule is CCC(C#N)C(=O)Nc1cc([N+](=O)[O-])ccc1Cl. The van der Waals surface area contributed by atoms with Crippen LogP contribution in [0.15, 0.2) is 18.2 Å². The Bertz CT molecular complexity index is 525. The number of nitrogens with one attached hydrogen (secondary N) is 1. The summed E-state index contributed by atoms with van der Waals surface area (Å²) in [4.78, 5) is 21.7. The average molecular weight is 268 g/mol. The van der Waals surface area contributed by atoms with Gasteiger partial charge in [0.15, 0.2) is 0 Å². The van der Waals surface area contributed by atoms with Crippen molar-refractivity contribution in [1.82, 2.24) is 0 Å². The van der Waals surface area contributed by atoms with E-state index in [1.807, 2.05) is 6.07 Å². The summed E-state index contributed by atoms with van der Waals surface area (Å²) in [6.45, 7) is 1.70. The van der Waals surface area contributed by atoms with Gasteiger partial charge < -0.3 is 5.32 Å². The van der Waals surface area contributed by atoms with Crippen LogP contribution in [0.2, 0.25) is 5.02 Å². The Morgan fingerprint density at radius 1 is 1.67 bits per heavy atom. The van der Waals surface area contributed by atoms with Crippen molar-refractivity contribution in [3.8, 4) is 6.07 Å². The van der Waals surface area contributed by atoms with E-state index in [0.29, 0.717) is 6.42 Å². The van der Waals surface area contributed by atoms with Gasteiger partial charge in [-0.05, 0) is 12.5 Å². The van der Waals surface area contributed by atoms with Gasteiger partial charge >= 0.3 is 0 Å². The van der Waals surface area contributed by atoms with E-state index in [-0.39, 0.29) is 16.4 Å². The molecule has 0 bridgehead atoms. The first-order valence-electron chi connectivity index (χ1n) is 5.14. The Morgan fingerprint density at radius 3 is 2.83 bits per heavy atom. The van der Waals surface area contributed by atoms with Crippen molar-refractivity contribution in [2.24, 2.45) is 5.92 Å². The number of hydrogen-bond donors (Lipinski definition) is 1. The van der Waals surface area contributed by atoms with Crippen molar-refractivity contribution in [3.05, 3.63) is 33.3 Å². The molecule has 7 heteroatoms. The molecule has 18 heavy (non-hydrogen) atoms. The molecule has 0 radical (unpaired) electrons. The van der Waals surface area contributed by atoms with Crippen LogP contribution in [0.4, 0.5) is 11.4 Å². The van der Waals surface area contributed by atoms with Gasteiger partial charge in [0.1, 0.15) is 5.92 Å². The maximum absolute atomic E-state index is 11.6. The molecule has 0 spiro atoms. The number of carbonyl (C=O) groups excluding carboxylic acids is 1. The van der Waals surface area contributed by atoms with Gasteiger partial charge in [0.2, 0.25) is 5.91 Å². The fourth-order valence-electron chi connectivity index (χ4n) is 1.28. The first-order chi connectivity index (χ1) is 8.49. The molecule has 0 aliphatic rings. The standard InChI is InChI=1S/C11H10ClN3O3/c1-2-7(6-13)11(16)14-10-5-8(15(17)18)3-4-9(10)12/h3-5,7H,2H2,1H3,(H,14,16). The minimum absolute atomic E-state index is 0.129. The van der Waals surface area contributed by atoms with E-state index in [2.05, 4.69) is 5.32 Å². The molecule has 0 saturated heterocycles. The highest BCUT2D eigenvalue weighted by Gasteiger charge is 2.18. The van der Waals surface area contributed by atoms with Crippen LogP contribution in [0, 0.1) is 27.4 Å². The van der Waals surface area contributed by atoms with Crippen molar-refractivity contribution in [1.29, 1.82) is 5.26 Å². The second kappa shape index (κ2) is 5.98. The fourth-order valence-corrected chi connectivity index (χ4v) is 1.44. The number of benzene rings is 1. The van der Waals surface area contributed by atoms with Crippen molar-refractivity contribution in [2.45, 2.75) is 13.3 Å². The summed E-state index contributed by atoms with van der Waals surface area (Å²) < 4.78 is 0. The predicted octanol–water partition coefficient (Wildman–Crippen LogP) is 2.74. The third kappa shape index (κ3) is 3.18. The van der Waals surface area contributed by atoms with Gasteiger partial charge in [0.05, 0.1) is 21.7 Å². The van der Waals surface area contributed by atoms with Crippen molar-refractivity contribution >= 4 is 28.9 Å². The Labute approximate surface area is 108 Å². The summed E-state index contributed by atoms with van der Waals surface area (Å²) in [5.74, 6) is -1.33. The molecular weight excluding hydrogens is 258 g/mol. The molecule has 1 unspecified atom stereocenters. The summed E-state index contributed by atoms with van der Waals surface area (Å²) in [6.07, 6.45) is 0.356. The molecule has 1 N–H and O–H groups in total. The number of hydrogen-bond acceptors (Lipinski definition) is 4. The van der Waals surface area contributed by atoms with E-state index in [0.717, 1.165) is 6.07 Å². The van der Waals surface area contributed by atoms with E-state index in [4.69, 9.17) is 16.9 Å². The van der Waals surface area contributed by atoms with Crippen LogP contribution in [-0.4, -0.2) is 10.8 Å². The molecule has 0 aliphatic carbocycles. The van der Waals surface area contributed by atoms with Gasteiger partial charge in [-0.15, -0.1) is 0 Å². The molecule has 1 rings (SSSR count). The minimum Gasteiger partial charge on any atom is -0.323 e. The number of nitrogens with zero attached hydrogens (tertiary/aromatic N) is 2. The largest absolute Gasteiger partial charge is 0.323 e. The van der Waals surface area contributed by atoms with E-state index >= 15 is 0 Å². The summed E-state index contributed by atoms with van der Waals surface area (Å²) in [7, 11) is 0. The lowest BCUT2D eigenvalue weighted by Gasteiger charge is -2.09. The Kier molecular flexibility index (Phi) is 4.63. The van der Waals surface area contributed by atoms with Crippen molar-refractivity contribution in [3.63, 3.8) is 0 Å². The van der Waals surface area contributed by atoms with E-state index in [1.54, 1.807) is 6.92 Å². The molecule has 1 aromatic carbocycles. The first-order valence-corrected chi connectivity index (χ1v) is 5.51. The number of anilines is 1. The zero-order valence-electron chi connectivity index (χ0n) is 9.51. The molecule has 0 saturated carbocycles. The monoisotopic (exact) mass is 267 g/mol. The number of amides is 1. The molecule has 1 amide bonds. The fraction of sp³-hybridized carbons (Fsp3) is 0.273. The number of nitro groups is 1. The topological polar surface area (TPSA) is 96.0 Å². The number of nitriles is 1. The van der Waals surface area contributed by atoms with Crippen LogP contribution >= 0.6 is 11.6 Å². The van der Waals surface area contributed by atoms with Crippen LogP contribution in [0.1, 0.15) is 13.3 Å². The van der Waals surface area contributed by atoms with Gasteiger partial charge in [0.25, 0.3) is 5.69 Å². The maximum atomic E-state index is 11.6. The average Bonchev–Trinajstić information content (AvgIpc) is 2.33. The lowest BCUT2D eigenvalue weighted by atomic mass is 10.1. The summed E-state index contributed by atoms with van der Waals surface area (Å²) >= 11 is 5.82. The second-order valence-electron chi connectivity index (χ2n) is 3.50. The first kappa shape index (κ1) is 13.9. The number of nitro benzene ring substituents is 1. The summed E-state index contributed by atoms with van der Waals surface area (Å²) in [6, 6.07) is 5.55. The van der Waals surface area contributed by atoms with Crippen LogP contribution in [0.25, 0.3) is 0 Å². The van der Waals surface area contributed by atoms with Crippen molar-refractivity contribution < 1.29 is 9.72 Å². The van der Waals surface area contributed by atoms with Gasteiger partial charge in [-0.1, -0.05) is 18.5 Å². The van der Waals surface area contributed by atoms with Gasteiger partial charge in [-0.2, -0.15) is 5.26 Å². The quantitative estimate of drug-likeness (QED) is 0.670. The second-order valence-corrected chi connectivity index (χ2v) is 3.91. The number of non-ortho nitro benzene ring substituents is 1. The van der Waals surface area contributed by atoms with Crippen LogP contribution < -0.4 is 5.32 Å². The smallest absolute Gasteiger partial charge is 0.271 e. The Balaban J connectivity index is 2.97. The highest BCUT2D eigenvalue weighted by molar-refractivity contribution is 6.33. The summed E-state index contributed by atoms with van der Waals surface area (Å²) in [5, 5.41) is 21.9. The molecule has 94 valence electrons. The minimum atomic E-state index is -0.805. The van der Waals surface area contributed by atoms with Gasteiger partial charge in [-0.3, -0.25) is 14.9 Å². The Morgan fingerprint density at radius 2 is 2.33 bits per heavy atom. The van der Waals surface area contributed by atoms with E-state index in [1.165, 1.54) is 12.1 Å². The zero-order valence-corrected chi connectivity index (χ0v) is 10.3. The molecule has 0 heterocycles. The van der Waals surface area contributed by atoms with Crippen molar-refractivity contribution in [2.75, 3.05) is 5.32 Å². The van der Waals surface area contributed by atoms with Gasteiger partial charge in [-0.25, -0.2) is 0 Å². The third-order valence-corrected chi connectivity index (χ3v) is 2.63. The van der Waals surface area contributed by atoms with Crippen LogP contribution in [0.3, 0.4) is 0 Å². The number of rotatable bonds is 4. The van der Waals surface area contributed by atoms with Crippen LogP contribution in [0.5, 0.6) is 0 Å². The molecule has 1 aromatic rings. The maximum Gasteiger partial charge on any atom is 0.271 e. The van der Waals surface area contributed by atoms with E-state index in [9.17, 15) is 14.9 Å². The molecule has 1 atom stereocenters. The summed E-state index contributed by atoms with van der Waals surface area (Å²) in [5.41, 5.74) is -0.0516. The Hall–Kier alpha value is -2.13. The third-order valence-electron chi connectivity index (χ3n) is 2.30. The molecule has 0 aromatic heterocycles. The van der Waals surface area contributed by atoms with Gasteiger partial charge in [0, 0.05) is 12.1 Å². The van der Waals surface area contributed by atoms with Crippen LogP contribution in [-0.2, 0) is 4.79 Å². The molecule has 0 fully saturated rings. The highest BCUT2D eigenvalue weighted by Crippen LogP contribution is 2.27. The lowest BCUT2D eigenvalue weighted by molar-refractivity contribution is -0.384. The highest BCUT2D eigenvalue weighted by atomic mass is 35.5. The predicted molar refractivity (Wildman–Crippen MR) is 66.1 cm³/mol. The lowest BCUT2D eigenvalue weighted by Crippen LogP contribution is -2.21. The molecule has 0 aliphatic heterocycles. The van der Waals surface area contributed by atoms with E-state index < -0.39 is 16.7 Å². The normalized spacial score (nSPS) is 11.4. The molecule has 6 nitrogen and oxygen atoms in total. The number of carbonyl (C=O) groups is 1. The molecular formula is C11H10ClN3O3. The zero-order chi connectivity index (χ0) is 13.7. The number of halogens is 1.